The topological polar surface area (TPSA) is 63.5 Å². The number of rotatable bonds is 2. The maximum atomic E-state index is 12.5. The van der Waals surface area contributed by atoms with Crippen molar-refractivity contribution in [3.05, 3.63) is 26.6 Å². The van der Waals surface area contributed by atoms with Crippen LogP contribution in [0.4, 0.5) is 5.69 Å². The Morgan fingerprint density at radius 2 is 1.95 bits per heavy atom. The molecule has 0 radical (unpaired) electrons. The summed E-state index contributed by atoms with van der Waals surface area (Å²) in [6.45, 7) is 9.14. The molecule has 0 fully saturated rings. The second-order valence-electron chi connectivity index (χ2n) is 4.88. The van der Waals surface area contributed by atoms with Crippen molar-refractivity contribution >= 4 is 27.9 Å². The predicted octanol–water partition coefficient (Wildman–Crippen LogP) is 2.28. The van der Waals surface area contributed by atoms with Gasteiger partial charge in [0.2, 0.25) is 5.91 Å². The van der Waals surface area contributed by atoms with Crippen LogP contribution in [0.15, 0.2) is 4.79 Å². The third-order valence-electron chi connectivity index (χ3n) is 3.10. The molecule has 5 nitrogen and oxygen atoms in total. The highest BCUT2D eigenvalue weighted by Gasteiger charge is 2.17. The Hall–Kier alpha value is -1.69. The molecule has 19 heavy (non-hydrogen) atoms. The quantitative estimate of drug-likeness (QED) is 0.917. The van der Waals surface area contributed by atoms with E-state index in [1.807, 2.05) is 13.8 Å². The van der Waals surface area contributed by atoms with Gasteiger partial charge >= 0.3 is 0 Å². The molecule has 0 aromatic carbocycles. The molecule has 6 heteroatoms. The van der Waals surface area contributed by atoms with Crippen molar-refractivity contribution in [1.82, 2.24) is 9.38 Å². The number of nitrogens with zero attached hydrogens (tertiary/aromatic N) is 2. The van der Waals surface area contributed by atoms with Gasteiger partial charge in [-0.25, -0.2) is 4.98 Å². The average Bonchev–Trinajstić information content (AvgIpc) is 2.59. The van der Waals surface area contributed by atoms with Gasteiger partial charge in [0.1, 0.15) is 5.69 Å². The van der Waals surface area contributed by atoms with E-state index in [1.54, 1.807) is 25.2 Å². The van der Waals surface area contributed by atoms with Gasteiger partial charge in [0.15, 0.2) is 4.96 Å². The minimum atomic E-state index is -0.210. The molecular formula is C13H17N3O2S. The molecule has 0 unspecified atom stereocenters. The number of hydrogen-bond acceptors (Lipinski definition) is 4. The predicted molar refractivity (Wildman–Crippen MR) is 77.0 cm³/mol. The molecule has 0 aliphatic carbocycles. The monoisotopic (exact) mass is 279 g/mol. The zero-order valence-electron chi connectivity index (χ0n) is 11.7. The summed E-state index contributed by atoms with van der Waals surface area (Å²) in [5.41, 5.74) is 1.49. The van der Waals surface area contributed by atoms with Crippen molar-refractivity contribution in [1.29, 1.82) is 0 Å². The second kappa shape index (κ2) is 4.77. The molecular weight excluding hydrogens is 262 g/mol. The molecule has 2 heterocycles. The van der Waals surface area contributed by atoms with E-state index in [2.05, 4.69) is 10.3 Å². The summed E-state index contributed by atoms with van der Waals surface area (Å²) in [7, 11) is 0. The number of nitrogens with one attached hydrogen (secondary N) is 1. The number of carbonyl (C=O) groups excluding carboxylic acids is 1. The van der Waals surface area contributed by atoms with Gasteiger partial charge in [-0.3, -0.25) is 14.0 Å². The molecule has 2 aromatic heterocycles. The van der Waals surface area contributed by atoms with E-state index in [9.17, 15) is 9.59 Å². The van der Waals surface area contributed by atoms with E-state index < -0.39 is 0 Å². The van der Waals surface area contributed by atoms with Crippen LogP contribution in [0.3, 0.4) is 0 Å². The number of amides is 1. The molecule has 0 saturated carbocycles. The largest absolute Gasteiger partial charge is 0.320 e. The standard InChI is InChI=1S/C13H17N3O2S/c1-6(2)11(17)15-10-7(3)14-13-16(12(10)18)8(4)9(5)19-13/h6H,1-5H3,(H,15,17). The van der Waals surface area contributed by atoms with E-state index in [0.29, 0.717) is 10.7 Å². The number of fused-ring (bicyclic) bond motifs is 1. The van der Waals surface area contributed by atoms with Crippen LogP contribution in [0, 0.1) is 26.7 Å². The number of carbonyl (C=O) groups is 1. The van der Waals surface area contributed by atoms with Gasteiger partial charge in [-0.15, -0.1) is 11.3 Å². The lowest BCUT2D eigenvalue weighted by atomic mass is 10.2. The van der Waals surface area contributed by atoms with Crippen LogP contribution in [0.25, 0.3) is 4.96 Å². The summed E-state index contributed by atoms with van der Waals surface area (Å²) >= 11 is 1.48. The molecule has 2 rings (SSSR count). The Morgan fingerprint density at radius 3 is 2.53 bits per heavy atom. The zero-order valence-corrected chi connectivity index (χ0v) is 12.5. The highest BCUT2D eigenvalue weighted by molar-refractivity contribution is 7.17. The van der Waals surface area contributed by atoms with Crippen LogP contribution >= 0.6 is 11.3 Å². The maximum absolute atomic E-state index is 12.5. The van der Waals surface area contributed by atoms with Crippen LogP contribution in [0.1, 0.15) is 30.1 Å². The van der Waals surface area contributed by atoms with Crippen molar-refractivity contribution in [3.8, 4) is 0 Å². The number of anilines is 1. The number of aryl methyl sites for hydroxylation is 3. The molecule has 0 aliphatic rings. The van der Waals surface area contributed by atoms with Crippen LogP contribution in [0.5, 0.6) is 0 Å². The van der Waals surface area contributed by atoms with Crippen LogP contribution in [0.2, 0.25) is 0 Å². The van der Waals surface area contributed by atoms with Gasteiger partial charge in [-0.1, -0.05) is 13.8 Å². The molecule has 0 atom stereocenters. The van der Waals surface area contributed by atoms with Crippen LogP contribution in [-0.4, -0.2) is 15.3 Å². The van der Waals surface area contributed by atoms with E-state index in [1.165, 1.54) is 11.3 Å². The minimum Gasteiger partial charge on any atom is -0.320 e. The van der Waals surface area contributed by atoms with Gasteiger partial charge in [0, 0.05) is 16.5 Å². The van der Waals surface area contributed by atoms with Gasteiger partial charge in [-0.05, 0) is 20.8 Å². The van der Waals surface area contributed by atoms with Crippen LogP contribution in [-0.2, 0) is 4.79 Å². The fourth-order valence-electron chi connectivity index (χ4n) is 1.75. The van der Waals surface area contributed by atoms with Crippen molar-refractivity contribution in [3.63, 3.8) is 0 Å². The molecule has 102 valence electrons. The van der Waals surface area contributed by atoms with Crippen molar-refractivity contribution < 1.29 is 4.79 Å². The third kappa shape index (κ3) is 2.28. The Kier molecular flexibility index (Phi) is 3.45. The van der Waals surface area contributed by atoms with Crippen molar-refractivity contribution in [2.75, 3.05) is 5.32 Å². The van der Waals surface area contributed by atoms with E-state index >= 15 is 0 Å². The number of aromatic nitrogens is 2. The summed E-state index contributed by atoms with van der Waals surface area (Å²) in [6.07, 6.45) is 0. The average molecular weight is 279 g/mol. The summed E-state index contributed by atoms with van der Waals surface area (Å²) < 4.78 is 1.56. The van der Waals surface area contributed by atoms with Gasteiger partial charge in [0.05, 0.1) is 5.69 Å². The Bertz CT molecular complexity index is 713. The molecule has 1 N–H and O–H groups in total. The Balaban J connectivity index is 2.65. The molecule has 1 amide bonds. The smallest absolute Gasteiger partial charge is 0.282 e. The maximum Gasteiger partial charge on any atom is 0.282 e. The van der Waals surface area contributed by atoms with Gasteiger partial charge in [0.25, 0.3) is 5.56 Å². The zero-order chi connectivity index (χ0) is 14.3. The SMILES string of the molecule is Cc1nc2sc(C)c(C)n2c(=O)c1NC(=O)C(C)C. The summed E-state index contributed by atoms with van der Waals surface area (Å²) in [6, 6.07) is 0. The van der Waals surface area contributed by atoms with E-state index in [-0.39, 0.29) is 23.1 Å². The molecule has 0 bridgehead atoms. The fraction of sp³-hybridized carbons (Fsp3) is 0.462. The second-order valence-corrected chi connectivity index (χ2v) is 6.06. The van der Waals surface area contributed by atoms with Crippen LogP contribution < -0.4 is 10.9 Å². The first-order valence-electron chi connectivity index (χ1n) is 6.13. The minimum absolute atomic E-state index is 0.174. The Morgan fingerprint density at radius 1 is 1.32 bits per heavy atom. The molecule has 0 saturated heterocycles. The first kappa shape index (κ1) is 13.7. The summed E-state index contributed by atoms with van der Waals surface area (Å²) in [4.78, 5) is 30.3. The van der Waals surface area contributed by atoms with Crippen molar-refractivity contribution in [2.24, 2.45) is 5.92 Å². The first-order chi connectivity index (χ1) is 8.82. The van der Waals surface area contributed by atoms with Gasteiger partial charge in [-0.2, -0.15) is 0 Å². The van der Waals surface area contributed by atoms with Crippen molar-refractivity contribution in [2.45, 2.75) is 34.6 Å². The molecule has 0 spiro atoms. The summed E-state index contributed by atoms with van der Waals surface area (Å²) in [5, 5.41) is 2.68. The first-order valence-corrected chi connectivity index (χ1v) is 6.94. The molecule has 0 aliphatic heterocycles. The number of hydrogen-bond donors (Lipinski definition) is 1. The van der Waals surface area contributed by atoms with E-state index in [0.717, 1.165) is 10.6 Å². The lowest BCUT2D eigenvalue weighted by molar-refractivity contribution is -0.118. The Labute approximate surface area is 115 Å². The lowest BCUT2D eigenvalue weighted by Gasteiger charge is -2.09. The fourth-order valence-corrected chi connectivity index (χ4v) is 2.75. The highest BCUT2D eigenvalue weighted by Crippen LogP contribution is 2.21. The normalized spacial score (nSPS) is 11.3. The number of thiazole rings is 1. The third-order valence-corrected chi connectivity index (χ3v) is 4.15. The van der Waals surface area contributed by atoms with E-state index in [4.69, 9.17) is 0 Å². The summed E-state index contributed by atoms with van der Waals surface area (Å²) in [5.74, 6) is -0.351. The van der Waals surface area contributed by atoms with Gasteiger partial charge < -0.3 is 5.32 Å². The molecule has 2 aromatic rings. The highest BCUT2D eigenvalue weighted by atomic mass is 32.1. The lowest BCUT2D eigenvalue weighted by Crippen LogP contribution is -2.27.